The molecule has 16 heavy (non-hydrogen) atoms. The maximum Gasteiger partial charge on any atom is 0.330 e. The van der Waals surface area contributed by atoms with Crippen LogP contribution >= 0.6 is 0 Å². The van der Waals surface area contributed by atoms with Crippen LogP contribution in [0.3, 0.4) is 0 Å². The number of hydrogen-bond donors (Lipinski definition) is 1. The average molecular weight is 222 g/mol. The van der Waals surface area contributed by atoms with Gasteiger partial charge in [0.1, 0.15) is 5.75 Å². The number of aliphatic hydroxyl groups is 1. The van der Waals surface area contributed by atoms with Crippen molar-refractivity contribution in [1.29, 1.82) is 0 Å². The summed E-state index contributed by atoms with van der Waals surface area (Å²) in [5.74, 6) is 0.223. The van der Waals surface area contributed by atoms with E-state index in [9.17, 15) is 9.90 Å². The SMILES string of the molecule is COC(=O)/C=C/C(O)c1ccc(OC)cc1. The van der Waals surface area contributed by atoms with Crippen LogP contribution in [0.25, 0.3) is 0 Å². The molecule has 0 saturated carbocycles. The van der Waals surface area contributed by atoms with Crippen LogP contribution in [0.4, 0.5) is 0 Å². The van der Waals surface area contributed by atoms with Crippen LogP contribution in [0, 0.1) is 0 Å². The third kappa shape index (κ3) is 3.40. The van der Waals surface area contributed by atoms with Gasteiger partial charge in [0, 0.05) is 6.08 Å². The topological polar surface area (TPSA) is 55.8 Å². The van der Waals surface area contributed by atoms with Gasteiger partial charge in [-0.25, -0.2) is 4.79 Å². The number of hydrogen-bond acceptors (Lipinski definition) is 4. The van der Waals surface area contributed by atoms with Gasteiger partial charge < -0.3 is 14.6 Å². The molecule has 0 aliphatic rings. The number of aliphatic hydroxyl groups excluding tert-OH is 1. The fraction of sp³-hybridized carbons (Fsp3) is 0.250. The molecule has 0 radical (unpaired) electrons. The van der Waals surface area contributed by atoms with Crippen molar-refractivity contribution in [1.82, 2.24) is 0 Å². The first-order valence-electron chi connectivity index (χ1n) is 4.75. The minimum Gasteiger partial charge on any atom is -0.497 e. The number of benzene rings is 1. The summed E-state index contributed by atoms with van der Waals surface area (Å²) in [5, 5.41) is 9.69. The predicted molar refractivity (Wildman–Crippen MR) is 59.1 cm³/mol. The van der Waals surface area contributed by atoms with Crippen LogP contribution in [0.2, 0.25) is 0 Å². The molecule has 0 aromatic heterocycles. The first-order valence-corrected chi connectivity index (χ1v) is 4.75. The van der Waals surface area contributed by atoms with Crippen molar-refractivity contribution < 1.29 is 19.4 Å². The van der Waals surface area contributed by atoms with Gasteiger partial charge in [0.15, 0.2) is 0 Å². The summed E-state index contributed by atoms with van der Waals surface area (Å²) < 4.78 is 9.41. The van der Waals surface area contributed by atoms with E-state index in [1.807, 2.05) is 0 Å². The van der Waals surface area contributed by atoms with Crippen molar-refractivity contribution in [3.05, 3.63) is 42.0 Å². The maximum atomic E-state index is 10.8. The fourth-order valence-electron chi connectivity index (χ4n) is 1.15. The van der Waals surface area contributed by atoms with Crippen molar-refractivity contribution in [3.63, 3.8) is 0 Å². The van der Waals surface area contributed by atoms with Crippen LogP contribution in [0.15, 0.2) is 36.4 Å². The molecule has 0 fully saturated rings. The lowest BCUT2D eigenvalue weighted by Crippen LogP contribution is -1.98. The van der Waals surface area contributed by atoms with E-state index in [-0.39, 0.29) is 0 Å². The molecular weight excluding hydrogens is 208 g/mol. The Morgan fingerprint density at radius 3 is 2.44 bits per heavy atom. The fourth-order valence-corrected chi connectivity index (χ4v) is 1.15. The zero-order valence-corrected chi connectivity index (χ0v) is 9.21. The van der Waals surface area contributed by atoms with E-state index in [0.29, 0.717) is 11.3 Å². The maximum absolute atomic E-state index is 10.8. The molecule has 0 bridgehead atoms. The number of carbonyl (C=O) groups is 1. The van der Waals surface area contributed by atoms with Gasteiger partial charge in [-0.05, 0) is 23.8 Å². The minimum absolute atomic E-state index is 0.493. The number of rotatable bonds is 4. The number of methoxy groups -OCH3 is 2. The van der Waals surface area contributed by atoms with E-state index in [2.05, 4.69) is 4.74 Å². The summed E-state index contributed by atoms with van der Waals surface area (Å²) >= 11 is 0. The molecule has 1 unspecified atom stereocenters. The quantitative estimate of drug-likeness (QED) is 0.619. The van der Waals surface area contributed by atoms with Gasteiger partial charge in [-0.15, -0.1) is 0 Å². The average Bonchev–Trinajstić information content (AvgIpc) is 2.35. The number of carbonyl (C=O) groups excluding carboxylic acids is 1. The van der Waals surface area contributed by atoms with Crippen molar-refractivity contribution in [2.75, 3.05) is 14.2 Å². The van der Waals surface area contributed by atoms with E-state index in [1.54, 1.807) is 31.4 Å². The molecule has 1 atom stereocenters. The summed E-state index contributed by atoms with van der Waals surface area (Å²) in [6.07, 6.45) is 1.73. The largest absolute Gasteiger partial charge is 0.497 e. The van der Waals surface area contributed by atoms with Crippen LogP contribution in [-0.4, -0.2) is 25.3 Å². The Kier molecular flexibility index (Phi) is 4.54. The Morgan fingerprint density at radius 1 is 1.31 bits per heavy atom. The normalized spacial score (nSPS) is 12.4. The lowest BCUT2D eigenvalue weighted by Gasteiger charge is -2.06. The third-order valence-electron chi connectivity index (χ3n) is 2.07. The van der Waals surface area contributed by atoms with Gasteiger partial charge in [0.25, 0.3) is 0 Å². The smallest absolute Gasteiger partial charge is 0.330 e. The van der Waals surface area contributed by atoms with Crippen molar-refractivity contribution in [2.24, 2.45) is 0 Å². The van der Waals surface area contributed by atoms with Crippen LogP contribution in [-0.2, 0) is 9.53 Å². The molecule has 1 N–H and O–H groups in total. The summed E-state index contributed by atoms with van der Waals surface area (Å²) in [6.45, 7) is 0. The van der Waals surface area contributed by atoms with E-state index in [4.69, 9.17) is 4.74 Å². The Bertz CT molecular complexity index is 367. The lowest BCUT2D eigenvalue weighted by atomic mass is 10.1. The standard InChI is InChI=1S/C12H14O4/c1-15-10-5-3-9(4-6-10)11(13)7-8-12(14)16-2/h3-8,11,13H,1-2H3/b8-7+. The molecule has 0 aliphatic carbocycles. The second-order valence-electron chi connectivity index (χ2n) is 3.10. The van der Waals surface area contributed by atoms with Crippen molar-refractivity contribution in [3.8, 4) is 5.75 Å². The molecule has 86 valence electrons. The monoisotopic (exact) mass is 222 g/mol. The molecule has 1 aromatic rings. The zero-order chi connectivity index (χ0) is 12.0. The molecule has 0 spiro atoms. The van der Waals surface area contributed by atoms with Crippen molar-refractivity contribution >= 4 is 5.97 Å². The Morgan fingerprint density at radius 2 is 1.94 bits per heavy atom. The highest BCUT2D eigenvalue weighted by Crippen LogP contribution is 2.18. The molecule has 0 heterocycles. The highest BCUT2D eigenvalue weighted by atomic mass is 16.5. The van der Waals surface area contributed by atoms with E-state index in [0.717, 1.165) is 0 Å². The van der Waals surface area contributed by atoms with E-state index in [1.165, 1.54) is 19.3 Å². The van der Waals surface area contributed by atoms with Gasteiger partial charge in [-0.3, -0.25) is 0 Å². The summed E-state index contributed by atoms with van der Waals surface area (Å²) in [4.78, 5) is 10.8. The highest BCUT2D eigenvalue weighted by Gasteiger charge is 2.04. The minimum atomic E-state index is -0.829. The van der Waals surface area contributed by atoms with Gasteiger partial charge in [-0.2, -0.15) is 0 Å². The second kappa shape index (κ2) is 5.92. The van der Waals surface area contributed by atoms with Crippen molar-refractivity contribution in [2.45, 2.75) is 6.10 Å². The Labute approximate surface area is 94.1 Å². The third-order valence-corrected chi connectivity index (χ3v) is 2.07. The predicted octanol–water partition coefficient (Wildman–Crippen LogP) is 1.46. The molecule has 1 aromatic carbocycles. The van der Waals surface area contributed by atoms with Gasteiger partial charge in [-0.1, -0.05) is 12.1 Å². The zero-order valence-electron chi connectivity index (χ0n) is 9.21. The highest BCUT2D eigenvalue weighted by molar-refractivity contribution is 5.81. The van der Waals surface area contributed by atoms with Crippen LogP contribution in [0.5, 0.6) is 5.75 Å². The molecular formula is C12H14O4. The first-order chi connectivity index (χ1) is 7.67. The molecule has 0 saturated heterocycles. The summed E-state index contributed by atoms with van der Waals surface area (Å²) in [7, 11) is 2.86. The molecule has 0 amide bonds. The second-order valence-corrected chi connectivity index (χ2v) is 3.10. The number of esters is 1. The van der Waals surface area contributed by atoms with Crippen LogP contribution in [0.1, 0.15) is 11.7 Å². The van der Waals surface area contributed by atoms with E-state index < -0.39 is 12.1 Å². The van der Waals surface area contributed by atoms with Crippen LogP contribution < -0.4 is 4.74 Å². The molecule has 1 rings (SSSR count). The molecule has 0 aliphatic heterocycles. The molecule has 4 heteroatoms. The summed E-state index contributed by atoms with van der Waals surface area (Å²) in [5.41, 5.74) is 0.681. The van der Waals surface area contributed by atoms with Gasteiger partial charge in [0.05, 0.1) is 20.3 Å². The Hall–Kier alpha value is -1.81. The number of ether oxygens (including phenoxy) is 2. The molecule has 4 nitrogen and oxygen atoms in total. The first kappa shape index (κ1) is 12.3. The lowest BCUT2D eigenvalue weighted by molar-refractivity contribution is -0.134. The van der Waals surface area contributed by atoms with E-state index >= 15 is 0 Å². The summed E-state index contributed by atoms with van der Waals surface area (Å²) in [6, 6.07) is 6.94. The Balaban J connectivity index is 2.69. The van der Waals surface area contributed by atoms with Gasteiger partial charge in [0.2, 0.25) is 0 Å². The van der Waals surface area contributed by atoms with Gasteiger partial charge >= 0.3 is 5.97 Å².